The molecule has 1 aliphatic heterocycles. The van der Waals surface area contributed by atoms with E-state index in [1.165, 1.54) is 18.2 Å². The quantitative estimate of drug-likeness (QED) is 0.623. The Bertz CT molecular complexity index is 731. The molecule has 2 heterocycles. The van der Waals surface area contributed by atoms with Crippen LogP contribution in [0.5, 0.6) is 0 Å². The van der Waals surface area contributed by atoms with Gasteiger partial charge in [0.1, 0.15) is 5.82 Å². The van der Waals surface area contributed by atoms with Gasteiger partial charge in [-0.1, -0.05) is 12.1 Å². The van der Waals surface area contributed by atoms with Gasteiger partial charge in [-0.3, -0.25) is 0 Å². The van der Waals surface area contributed by atoms with Crippen molar-refractivity contribution in [2.75, 3.05) is 0 Å². The molecule has 0 bridgehead atoms. The highest BCUT2D eigenvalue weighted by atomic mass is 79.9. The van der Waals surface area contributed by atoms with E-state index in [1.807, 2.05) is 0 Å². The molecular formula is C14H7BrFNO3. The smallest absolute Gasteiger partial charge is 0.363 e. The first-order chi connectivity index (χ1) is 9.61. The van der Waals surface area contributed by atoms with Crippen LogP contribution in [0.15, 0.2) is 56.2 Å². The number of aliphatic imine (C=N–C) groups is 1. The van der Waals surface area contributed by atoms with Gasteiger partial charge >= 0.3 is 5.97 Å². The van der Waals surface area contributed by atoms with E-state index in [4.69, 9.17) is 9.15 Å². The van der Waals surface area contributed by atoms with Crippen LogP contribution in [-0.2, 0) is 9.53 Å². The van der Waals surface area contributed by atoms with Crippen molar-refractivity contribution in [2.24, 2.45) is 4.99 Å². The van der Waals surface area contributed by atoms with Crippen LogP contribution in [0.4, 0.5) is 4.39 Å². The zero-order chi connectivity index (χ0) is 14.1. The van der Waals surface area contributed by atoms with E-state index in [0.29, 0.717) is 16.0 Å². The van der Waals surface area contributed by atoms with Crippen LogP contribution >= 0.6 is 15.9 Å². The third kappa shape index (κ3) is 2.55. The summed E-state index contributed by atoms with van der Waals surface area (Å²) in [7, 11) is 0. The monoisotopic (exact) mass is 335 g/mol. The maximum atomic E-state index is 12.8. The van der Waals surface area contributed by atoms with Gasteiger partial charge in [-0.2, -0.15) is 0 Å². The minimum absolute atomic E-state index is 0.106. The Morgan fingerprint density at radius 2 is 1.90 bits per heavy atom. The number of ether oxygens (including phenoxy) is 1. The minimum Gasteiger partial charge on any atom is -0.444 e. The number of furan rings is 1. The predicted molar refractivity (Wildman–Crippen MR) is 73.4 cm³/mol. The summed E-state index contributed by atoms with van der Waals surface area (Å²) in [6.07, 6.45) is 1.52. The first-order valence-corrected chi connectivity index (χ1v) is 6.45. The zero-order valence-electron chi connectivity index (χ0n) is 9.97. The third-order valence-corrected chi connectivity index (χ3v) is 3.00. The van der Waals surface area contributed by atoms with Crippen LogP contribution in [0, 0.1) is 5.82 Å². The molecular weight excluding hydrogens is 329 g/mol. The van der Waals surface area contributed by atoms with E-state index < -0.39 is 5.97 Å². The van der Waals surface area contributed by atoms with Crippen LogP contribution in [0.2, 0.25) is 0 Å². The summed E-state index contributed by atoms with van der Waals surface area (Å²) < 4.78 is 23.6. The number of hydrogen-bond donors (Lipinski definition) is 0. The Labute approximate surface area is 121 Å². The maximum Gasteiger partial charge on any atom is 0.363 e. The SMILES string of the molecule is O=C1OC(c2ccc(Br)o2)=N/C1=C/c1ccc(F)cc1. The van der Waals surface area contributed by atoms with Gasteiger partial charge in [0, 0.05) is 0 Å². The lowest BCUT2D eigenvalue weighted by Crippen LogP contribution is -2.04. The van der Waals surface area contributed by atoms with E-state index >= 15 is 0 Å². The number of carbonyl (C=O) groups is 1. The molecule has 0 amide bonds. The molecule has 0 fully saturated rings. The number of hydrogen-bond acceptors (Lipinski definition) is 4. The second kappa shape index (κ2) is 5.05. The van der Waals surface area contributed by atoms with Crippen LogP contribution in [0.1, 0.15) is 11.3 Å². The van der Waals surface area contributed by atoms with Crippen molar-refractivity contribution in [1.82, 2.24) is 0 Å². The van der Waals surface area contributed by atoms with E-state index in [1.54, 1.807) is 24.3 Å². The first kappa shape index (κ1) is 12.8. The third-order valence-electron chi connectivity index (χ3n) is 2.58. The molecule has 20 heavy (non-hydrogen) atoms. The molecule has 0 saturated heterocycles. The molecule has 1 aromatic heterocycles. The highest BCUT2D eigenvalue weighted by Crippen LogP contribution is 2.22. The molecule has 100 valence electrons. The normalized spacial score (nSPS) is 16.4. The molecule has 1 aromatic carbocycles. The van der Waals surface area contributed by atoms with Crippen molar-refractivity contribution in [2.45, 2.75) is 0 Å². The Balaban J connectivity index is 1.92. The summed E-state index contributed by atoms with van der Waals surface area (Å²) >= 11 is 3.16. The van der Waals surface area contributed by atoms with Crippen LogP contribution < -0.4 is 0 Å². The van der Waals surface area contributed by atoms with Gasteiger partial charge in [0.2, 0.25) is 0 Å². The minimum atomic E-state index is -0.572. The number of esters is 1. The number of nitrogens with zero attached hydrogens (tertiary/aromatic N) is 1. The topological polar surface area (TPSA) is 51.8 Å². The summed E-state index contributed by atoms with van der Waals surface area (Å²) in [5.74, 6) is -0.454. The zero-order valence-corrected chi connectivity index (χ0v) is 11.6. The molecule has 0 aliphatic carbocycles. The Kier molecular flexibility index (Phi) is 3.23. The molecule has 0 radical (unpaired) electrons. The fraction of sp³-hybridized carbons (Fsp3) is 0. The van der Waals surface area contributed by atoms with Crippen LogP contribution in [0.3, 0.4) is 0 Å². The number of benzene rings is 1. The maximum absolute atomic E-state index is 12.8. The summed E-state index contributed by atoms with van der Waals surface area (Å²) in [5.41, 5.74) is 0.795. The number of rotatable bonds is 2. The summed E-state index contributed by atoms with van der Waals surface area (Å²) in [5, 5.41) is 0. The van der Waals surface area contributed by atoms with E-state index in [9.17, 15) is 9.18 Å². The Hall–Kier alpha value is -2.21. The van der Waals surface area contributed by atoms with E-state index in [0.717, 1.165) is 0 Å². The number of carbonyl (C=O) groups excluding carboxylic acids is 1. The molecule has 6 heteroatoms. The molecule has 1 aliphatic rings. The van der Waals surface area contributed by atoms with Crippen molar-refractivity contribution >= 4 is 33.9 Å². The molecule has 0 unspecified atom stereocenters. The lowest BCUT2D eigenvalue weighted by atomic mass is 10.2. The molecule has 4 nitrogen and oxygen atoms in total. The van der Waals surface area contributed by atoms with Gasteiger partial charge in [0.05, 0.1) is 0 Å². The number of halogens is 2. The molecule has 2 aromatic rings. The van der Waals surface area contributed by atoms with Gasteiger partial charge in [-0.15, -0.1) is 0 Å². The van der Waals surface area contributed by atoms with Crippen molar-refractivity contribution in [3.05, 3.63) is 63.9 Å². The fourth-order valence-corrected chi connectivity index (χ4v) is 1.97. The molecule has 0 N–H and O–H groups in total. The Morgan fingerprint density at radius 3 is 2.55 bits per heavy atom. The van der Waals surface area contributed by atoms with E-state index in [2.05, 4.69) is 20.9 Å². The molecule has 0 spiro atoms. The van der Waals surface area contributed by atoms with Crippen LogP contribution in [0.25, 0.3) is 6.08 Å². The molecule has 0 saturated carbocycles. The Morgan fingerprint density at radius 1 is 1.15 bits per heavy atom. The highest BCUT2D eigenvalue weighted by molar-refractivity contribution is 9.10. The van der Waals surface area contributed by atoms with Crippen molar-refractivity contribution < 1.29 is 18.3 Å². The molecule has 0 atom stereocenters. The predicted octanol–water partition coefficient (Wildman–Crippen LogP) is 3.53. The van der Waals surface area contributed by atoms with Crippen molar-refractivity contribution in [3.63, 3.8) is 0 Å². The van der Waals surface area contributed by atoms with Gasteiger partial charge in [0.25, 0.3) is 5.90 Å². The summed E-state index contributed by atoms with van der Waals surface area (Å²) in [4.78, 5) is 15.8. The van der Waals surface area contributed by atoms with Gasteiger partial charge in [-0.05, 0) is 51.8 Å². The lowest BCUT2D eigenvalue weighted by Gasteiger charge is -1.93. The average Bonchev–Trinajstić information content (AvgIpc) is 3.00. The van der Waals surface area contributed by atoms with Crippen LogP contribution in [-0.4, -0.2) is 11.9 Å². The summed E-state index contributed by atoms with van der Waals surface area (Å²) in [6, 6.07) is 9.02. The fourth-order valence-electron chi connectivity index (χ4n) is 1.66. The number of cyclic esters (lactones) is 1. The largest absolute Gasteiger partial charge is 0.444 e. The second-order valence-electron chi connectivity index (χ2n) is 3.99. The standard InChI is InChI=1S/C14H7BrFNO3/c15-12-6-5-11(19-12)13-17-10(14(18)20-13)7-8-1-3-9(16)4-2-8/h1-7H/b10-7+. The highest BCUT2D eigenvalue weighted by Gasteiger charge is 2.26. The van der Waals surface area contributed by atoms with Crippen molar-refractivity contribution in [3.8, 4) is 0 Å². The van der Waals surface area contributed by atoms with Crippen molar-refractivity contribution in [1.29, 1.82) is 0 Å². The van der Waals surface area contributed by atoms with Gasteiger partial charge < -0.3 is 9.15 Å². The average molecular weight is 336 g/mol. The first-order valence-electron chi connectivity index (χ1n) is 5.66. The lowest BCUT2D eigenvalue weighted by molar-refractivity contribution is -0.130. The second-order valence-corrected chi connectivity index (χ2v) is 4.77. The summed E-state index contributed by atoms with van der Waals surface area (Å²) in [6.45, 7) is 0. The molecule has 3 rings (SSSR count). The van der Waals surface area contributed by atoms with E-state index in [-0.39, 0.29) is 17.4 Å². The van der Waals surface area contributed by atoms with Gasteiger partial charge in [0.15, 0.2) is 16.1 Å². The van der Waals surface area contributed by atoms with Gasteiger partial charge in [-0.25, -0.2) is 14.2 Å².